The molecule has 3 N–H and O–H groups in total. The van der Waals surface area contributed by atoms with Crippen LogP contribution >= 0.6 is 11.6 Å². The molecule has 0 spiro atoms. The van der Waals surface area contributed by atoms with Crippen LogP contribution in [-0.2, 0) is 4.79 Å². The Morgan fingerprint density at radius 3 is 2.63 bits per heavy atom. The van der Waals surface area contributed by atoms with E-state index in [4.69, 9.17) is 16.7 Å². The van der Waals surface area contributed by atoms with Gasteiger partial charge in [0.2, 0.25) is 0 Å². The fourth-order valence-electron chi connectivity index (χ4n) is 1.36. The van der Waals surface area contributed by atoms with Gasteiger partial charge in [0.1, 0.15) is 6.10 Å². The maximum absolute atomic E-state index is 10.6. The minimum absolute atomic E-state index is 0.145. The Bertz CT molecular complexity index is 585. The quantitative estimate of drug-likeness (QED) is 0.710. The number of aromatic nitrogens is 4. The lowest BCUT2D eigenvalue weighted by molar-refractivity contribution is -0.153. The third-order valence-electron chi connectivity index (χ3n) is 2.35. The van der Waals surface area contributed by atoms with Crippen LogP contribution < -0.4 is 0 Å². The maximum Gasteiger partial charge on any atom is 0.335 e. The monoisotopic (exact) mass is 284 g/mol. The molecule has 0 saturated carbocycles. The lowest BCUT2D eigenvalue weighted by Gasteiger charge is -2.11. The number of halogens is 1. The van der Waals surface area contributed by atoms with Crippen molar-refractivity contribution < 1.29 is 20.1 Å². The normalized spacial score (nSPS) is 14.1. The summed E-state index contributed by atoms with van der Waals surface area (Å²) in [7, 11) is 0. The van der Waals surface area contributed by atoms with E-state index in [-0.39, 0.29) is 10.7 Å². The highest BCUT2D eigenvalue weighted by atomic mass is 35.5. The fourth-order valence-corrected chi connectivity index (χ4v) is 1.46. The van der Waals surface area contributed by atoms with E-state index in [1.807, 2.05) is 0 Å². The van der Waals surface area contributed by atoms with Crippen molar-refractivity contribution in [2.75, 3.05) is 0 Å². The van der Waals surface area contributed by atoms with Crippen LogP contribution in [-0.4, -0.2) is 47.4 Å². The van der Waals surface area contributed by atoms with Gasteiger partial charge in [-0.1, -0.05) is 11.6 Å². The van der Waals surface area contributed by atoms with E-state index in [1.165, 1.54) is 23.1 Å². The van der Waals surface area contributed by atoms with Crippen LogP contribution in [0.1, 0.15) is 11.7 Å². The molecular weight excluding hydrogens is 276 g/mol. The number of carbonyl (C=O) groups is 1. The lowest BCUT2D eigenvalue weighted by atomic mass is 10.1. The van der Waals surface area contributed by atoms with Crippen LogP contribution in [0.5, 0.6) is 0 Å². The smallest absolute Gasteiger partial charge is 0.335 e. The van der Waals surface area contributed by atoms with Crippen molar-refractivity contribution in [3.63, 3.8) is 0 Å². The van der Waals surface area contributed by atoms with Crippen molar-refractivity contribution in [1.82, 2.24) is 20.0 Å². The van der Waals surface area contributed by atoms with Gasteiger partial charge in [0.05, 0.1) is 6.20 Å². The Morgan fingerprint density at radius 1 is 1.32 bits per heavy atom. The number of hydrogen-bond donors (Lipinski definition) is 3. The van der Waals surface area contributed by atoms with Crippen molar-refractivity contribution in [1.29, 1.82) is 0 Å². The second-order valence-electron chi connectivity index (χ2n) is 3.66. The molecule has 0 radical (unpaired) electrons. The average molecular weight is 285 g/mol. The summed E-state index contributed by atoms with van der Waals surface area (Å²) in [5.41, 5.74) is 0.145. The van der Waals surface area contributed by atoms with Crippen molar-refractivity contribution >= 4 is 17.6 Å². The Morgan fingerprint density at radius 2 is 2.05 bits per heavy atom. The van der Waals surface area contributed by atoms with E-state index in [0.717, 1.165) is 0 Å². The van der Waals surface area contributed by atoms with Gasteiger partial charge in [-0.2, -0.15) is 5.10 Å². The minimum atomic E-state index is -1.92. The first-order chi connectivity index (χ1) is 8.99. The molecule has 8 nitrogen and oxygen atoms in total. The average Bonchev–Trinajstić information content (AvgIpc) is 2.87. The predicted molar refractivity (Wildman–Crippen MR) is 62.8 cm³/mol. The van der Waals surface area contributed by atoms with E-state index in [2.05, 4.69) is 15.3 Å². The van der Waals surface area contributed by atoms with Gasteiger partial charge in [0, 0.05) is 11.8 Å². The summed E-state index contributed by atoms with van der Waals surface area (Å²) >= 11 is 5.59. The number of nitrogens with zero attached hydrogens (tertiary/aromatic N) is 4. The van der Waals surface area contributed by atoms with Crippen LogP contribution in [0, 0.1) is 0 Å². The van der Waals surface area contributed by atoms with E-state index in [9.17, 15) is 15.0 Å². The molecule has 0 aliphatic carbocycles. The molecular formula is C10H9ClN4O4. The van der Waals surface area contributed by atoms with Crippen molar-refractivity contribution in [2.45, 2.75) is 12.2 Å². The summed E-state index contributed by atoms with van der Waals surface area (Å²) < 4.78 is 1.27. The van der Waals surface area contributed by atoms with Crippen LogP contribution in [0.2, 0.25) is 5.15 Å². The number of carboxylic acids is 1. The van der Waals surface area contributed by atoms with Crippen molar-refractivity contribution in [3.8, 4) is 5.82 Å². The molecule has 0 amide bonds. The molecule has 0 aromatic carbocycles. The van der Waals surface area contributed by atoms with Crippen LogP contribution in [0.4, 0.5) is 0 Å². The zero-order chi connectivity index (χ0) is 14.0. The summed E-state index contributed by atoms with van der Waals surface area (Å²) in [6, 6.07) is 3.06. The van der Waals surface area contributed by atoms with Crippen LogP contribution in [0.15, 0.2) is 24.5 Å². The first kappa shape index (κ1) is 13.4. The van der Waals surface area contributed by atoms with Gasteiger partial charge in [-0.15, -0.1) is 10.2 Å². The lowest BCUT2D eigenvalue weighted by Crippen LogP contribution is -2.27. The van der Waals surface area contributed by atoms with Gasteiger partial charge in [0.15, 0.2) is 17.1 Å². The van der Waals surface area contributed by atoms with Gasteiger partial charge in [-0.3, -0.25) is 0 Å². The number of rotatable bonds is 4. The van der Waals surface area contributed by atoms with Crippen molar-refractivity contribution in [3.05, 3.63) is 35.2 Å². The molecule has 19 heavy (non-hydrogen) atoms. The SMILES string of the molecule is O=C(O)C(O)C(O)c1cnn(-c2ccc(Cl)nn2)c1. The Balaban J connectivity index is 2.24. The summed E-state index contributed by atoms with van der Waals surface area (Å²) in [4.78, 5) is 10.6. The van der Waals surface area contributed by atoms with Crippen LogP contribution in [0.25, 0.3) is 5.82 Å². The number of hydrogen-bond acceptors (Lipinski definition) is 6. The van der Waals surface area contributed by atoms with E-state index in [0.29, 0.717) is 5.82 Å². The molecule has 100 valence electrons. The zero-order valence-corrected chi connectivity index (χ0v) is 10.1. The molecule has 9 heteroatoms. The summed E-state index contributed by atoms with van der Waals surface area (Å²) in [5, 5.41) is 38.9. The number of aliphatic carboxylic acids is 1. The maximum atomic E-state index is 10.6. The highest BCUT2D eigenvalue weighted by Crippen LogP contribution is 2.17. The first-order valence-electron chi connectivity index (χ1n) is 5.12. The van der Waals surface area contributed by atoms with Crippen molar-refractivity contribution in [2.24, 2.45) is 0 Å². The van der Waals surface area contributed by atoms with Gasteiger partial charge in [-0.25, -0.2) is 9.48 Å². The number of carboxylic acid groups (broad SMARTS) is 1. The van der Waals surface area contributed by atoms with E-state index in [1.54, 1.807) is 6.07 Å². The second kappa shape index (κ2) is 5.31. The van der Waals surface area contributed by atoms with Crippen LogP contribution in [0.3, 0.4) is 0 Å². The molecule has 2 rings (SSSR count). The Labute approximate surface area is 111 Å². The fraction of sp³-hybridized carbons (Fsp3) is 0.200. The second-order valence-corrected chi connectivity index (χ2v) is 4.05. The molecule has 2 atom stereocenters. The topological polar surface area (TPSA) is 121 Å². The molecule has 2 unspecified atom stereocenters. The Hall–Kier alpha value is -2.03. The summed E-state index contributed by atoms with van der Waals surface area (Å²) in [6.45, 7) is 0. The highest BCUT2D eigenvalue weighted by molar-refractivity contribution is 6.29. The number of aliphatic hydroxyl groups excluding tert-OH is 2. The number of aliphatic hydroxyl groups is 2. The molecule has 0 fully saturated rings. The third-order valence-corrected chi connectivity index (χ3v) is 2.55. The first-order valence-corrected chi connectivity index (χ1v) is 5.50. The van der Waals surface area contributed by atoms with Gasteiger partial charge in [-0.05, 0) is 12.1 Å². The standard InChI is InChI=1S/C10H9ClN4O4/c11-6-1-2-7(14-13-6)15-4-5(3-12-15)8(16)9(17)10(18)19/h1-4,8-9,16-17H,(H,18,19). The summed E-state index contributed by atoms with van der Waals surface area (Å²) in [5.74, 6) is -1.18. The van der Waals surface area contributed by atoms with E-state index >= 15 is 0 Å². The zero-order valence-electron chi connectivity index (χ0n) is 9.38. The van der Waals surface area contributed by atoms with Gasteiger partial charge < -0.3 is 15.3 Å². The molecule has 2 heterocycles. The molecule has 0 aliphatic rings. The molecule has 2 aromatic rings. The minimum Gasteiger partial charge on any atom is -0.479 e. The predicted octanol–water partition coefficient (Wildman–Crippen LogP) is -0.205. The molecule has 0 saturated heterocycles. The molecule has 0 aliphatic heterocycles. The third kappa shape index (κ3) is 2.87. The summed E-state index contributed by atoms with van der Waals surface area (Å²) in [6.07, 6.45) is -0.928. The molecule has 0 bridgehead atoms. The largest absolute Gasteiger partial charge is 0.479 e. The Kier molecular flexibility index (Phi) is 3.74. The van der Waals surface area contributed by atoms with Gasteiger partial charge >= 0.3 is 5.97 Å². The van der Waals surface area contributed by atoms with E-state index < -0.39 is 18.2 Å². The van der Waals surface area contributed by atoms with Gasteiger partial charge in [0.25, 0.3) is 0 Å². The molecule has 2 aromatic heterocycles. The highest BCUT2D eigenvalue weighted by Gasteiger charge is 2.26.